The third kappa shape index (κ3) is 2.51. The number of carbonyl (C=O) groups is 2. The van der Waals surface area contributed by atoms with Crippen LogP contribution in [0, 0.1) is 5.41 Å². The SMILES string of the molecule is COC(=O)[C@]1(C(=O)N2CCCCCC2)C[C@@H]1c1ccccc1. The number of rotatable bonds is 3. The fraction of sp³-hybridized carbons (Fsp3) is 0.556. The number of esters is 1. The summed E-state index contributed by atoms with van der Waals surface area (Å²) in [6, 6.07) is 9.83. The molecule has 0 N–H and O–H groups in total. The summed E-state index contributed by atoms with van der Waals surface area (Å²) in [6.45, 7) is 1.53. The van der Waals surface area contributed by atoms with Crippen molar-refractivity contribution in [2.24, 2.45) is 5.41 Å². The van der Waals surface area contributed by atoms with Gasteiger partial charge in [0.1, 0.15) is 0 Å². The number of hydrogen-bond donors (Lipinski definition) is 0. The van der Waals surface area contributed by atoms with Crippen LogP contribution in [0.25, 0.3) is 0 Å². The molecule has 0 bridgehead atoms. The lowest BCUT2D eigenvalue weighted by molar-refractivity contribution is -0.156. The summed E-state index contributed by atoms with van der Waals surface area (Å²) in [5.74, 6) is -0.456. The van der Waals surface area contributed by atoms with Crippen molar-refractivity contribution in [2.75, 3.05) is 20.2 Å². The molecule has 4 heteroatoms. The average molecular weight is 301 g/mol. The van der Waals surface area contributed by atoms with E-state index in [0.29, 0.717) is 6.42 Å². The topological polar surface area (TPSA) is 46.6 Å². The van der Waals surface area contributed by atoms with Gasteiger partial charge in [-0.05, 0) is 24.8 Å². The summed E-state index contributed by atoms with van der Waals surface area (Å²) < 4.78 is 4.99. The smallest absolute Gasteiger partial charge is 0.322 e. The van der Waals surface area contributed by atoms with Gasteiger partial charge in [-0.1, -0.05) is 43.2 Å². The van der Waals surface area contributed by atoms with Crippen LogP contribution in [0.5, 0.6) is 0 Å². The van der Waals surface area contributed by atoms with Gasteiger partial charge in [0.05, 0.1) is 7.11 Å². The predicted molar refractivity (Wildman–Crippen MR) is 83.3 cm³/mol. The minimum absolute atomic E-state index is 0.0323. The Bertz CT molecular complexity index is 549. The van der Waals surface area contributed by atoms with Crippen LogP contribution in [-0.2, 0) is 14.3 Å². The Morgan fingerprint density at radius 3 is 2.32 bits per heavy atom. The maximum Gasteiger partial charge on any atom is 0.322 e. The molecular weight excluding hydrogens is 278 g/mol. The van der Waals surface area contributed by atoms with E-state index in [9.17, 15) is 9.59 Å². The number of likely N-dealkylation sites (tertiary alicyclic amines) is 1. The Hall–Kier alpha value is -1.84. The highest BCUT2D eigenvalue weighted by molar-refractivity contribution is 6.07. The molecule has 0 spiro atoms. The van der Waals surface area contributed by atoms with E-state index in [4.69, 9.17) is 4.74 Å². The summed E-state index contributed by atoms with van der Waals surface area (Å²) in [4.78, 5) is 27.3. The molecule has 2 fully saturated rings. The molecule has 2 aliphatic rings. The molecule has 1 aliphatic heterocycles. The summed E-state index contributed by atoms with van der Waals surface area (Å²) in [5, 5.41) is 0. The van der Waals surface area contributed by atoms with Gasteiger partial charge in [0.2, 0.25) is 5.91 Å². The van der Waals surface area contributed by atoms with Gasteiger partial charge in [0.25, 0.3) is 0 Å². The van der Waals surface area contributed by atoms with E-state index in [0.717, 1.165) is 44.3 Å². The van der Waals surface area contributed by atoms with Crippen molar-refractivity contribution in [3.63, 3.8) is 0 Å². The summed E-state index contributed by atoms with van der Waals surface area (Å²) in [7, 11) is 1.38. The monoisotopic (exact) mass is 301 g/mol. The molecule has 1 saturated heterocycles. The van der Waals surface area contributed by atoms with Crippen LogP contribution in [-0.4, -0.2) is 37.0 Å². The molecule has 1 aromatic rings. The first-order chi connectivity index (χ1) is 10.7. The van der Waals surface area contributed by atoms with E-state index in [2.05, 4.69) is 0 Å². The Kier molecular flexibility index (Phi) is 4.19. The zero-order valence-corrected chi connectivity index (χ0v) is 13.1. The van der Waals surface area contributed by atoms with Gasteiger partial charge in [-0.3, -0.25) is 9.59 Å². The highest BCUT2D eigenvalue weighted by atomic mass is 16.5. The van der Waals surface area contributed by atoms with Crippen LogP contribution in [0.3, 0.4) is 0 Å². The third-order valence-corrected chi connectivity index (χ3v) is 4.99. The molecule has 2 atom stereocenters. The minimum atomic E-state index is -0.986. The van der Waals surface area contributed by atoms with Crippen molar-refractivity contribution in [1.82, 2.24) is 4.90 Å². The number of nitrogens with zero attached hydrogens (tertiary/aromatic N) is 1. The van der Waals surface area contributed by atoms with Crippen LogP contribution in [0.2, 0.25) is 0 Å². The Balaban J connectivity index is 1.85. The normalized spacial score (nSPS) is 27.9. The van der Waals surface area contributed by atoms with E-state index in [1.165, 1.54) is 7.11 Å². The molecule has 4 nitrogen and oxygen atoms in total. The maximum absolute atomic E-state index is 13.0. The minimum Gasteiger partial charge on any atom is -0.468 e. The number of benzene rings is 1. The van der Waals surface area contributed by atoms with Crippen molar-refractivity contribution in [2.45, 2.75) is 38.0 Å². The van der Waals surface area contributed by atoms with Crippen molar-refractivity contribution in [1.29, 1.82) is 0 Å². The zero-order chi connectivity index (χ0) is 15.6. The maximum atomic E-state index is 13.0. The molecule has 1 aliphatic carbocycles. The van der Waals surface area contributed by atoms with Crippen molar-refractivity contribution < 1.29 is 14.3 Å². The summed E-state index contributed by atoms with van der Waals surface area (Å²) in [6.07, 6.45) is 4.95. The Labute approximate surface area is 131 Å². The molecule has 0 radical (unpaired) electrons. The van der Waals surface area contributed by atoms with Gasteiger partial charge in [-0.15, -0.1) is 0 Å². The highest BCUT2D eigenvalue weighted by Crippen LogP contribution is 2.61. The van der Waals surface area contributed by atoms with E-state index in [1.807, 2.05) is 35.2 Å². The Morgan fingerprint density at radius 2 is 1.73 bits per heavy atom. The first-order valence-electron chi connectivity index (χ1n) is 8.13. The van der Waals surface area contributed by atoms with Gasteiger partial charge < -0.3 is 9.64 Å². The molecule has 1 amide bonds. The van der Waals surface area contributed by atoms with E-state index in [1.54, 1.807) is 0 Å². The second kappa shape index (κ2) is 6.11. The Morgan fingerprint density at radius 1 is 1.09 bits per heavy atom. The van der Waals surface area contributed by atoms with Crippen LogP contribution in [0.15, 0.2) is 30.3 Å². The van der Waals surface area contributed by atoms with E-state index < -0.39 is 5.41 Å². The summed E-state index contributed by atoms with van der Waals surface area (Å²) in [5.41, 5.74) is 0.0662. The first kappa shape index (κ1) is 15.1. The molecule has 3 rings (SSSR count). The van der Waals surface area contributed by atoms with Gasteiger partial charge in [0.15, 0.2) is 5.41 Å². The standard InChI is InChI=1S/C18H23NO3/c1-22-17(21)18(13-15(18)14-9-5-4-6-10-14)16(20)19-11-7-2-3-8-12-19/h4-6,9-10,15H,2-3,7-8,11-13H2,1H3/t15-,18-/m1/s1. The molecule has 118 valence electrons. The van der Waals surface area contributed by atoms with Gasteiger partial charge >= 0.3 is 5.97 Å². The van der Waals surface area contributed by atoms with Gasteiger partial charge in [-0.25, -0.2) is 0 Å². The molecule has 0 unspecified atom stereocenters. The van der Waals surface area contributed by atoms with Crippen molar-refractivity contribution in [3.8, 4) is 0 Å². The molecule has 1 aromatic carbocycles. The second-order valence-electron chi connectivity index (χ2n) is 6.34. The lowest BCUT2D eigenvalue weighted by Crippen LogP contribution is -2.42. The molecule has 1 saturated carbocycles. The number of amides is 1. The fourth-order valence-corrected chi connectivity index (χ4v) is 3.64. The molecule has 0 aromatic heterocycles. The second-order valence-corrected chi connectivity index (χ2v) is 6.34. The lowest BCUT2D eigenvalue weighted by atomic mass is 9.97. The first-order valence-corrected chi connectivity index (χ1v) is 8.13. The van der Waals surface area contributed by atoms with Crippen molar-refractivity contribution >= 4 is 11.9 Å². The van der Waals surface area contributed by atoms with Gasteiger partial charge in [-0.2, -0.15) is 0 Å². The number of methoxy groups -OCH3 is 1. The zero-order valence-electron chi connectivity index (χ0n) is 13.1. The van der Waals surface area contributed by atoms with Gasteiger partial charge in [0, 0.05) is 19.0 Å². The van der Waals surface area contributed by atoms with E-state index >= 15 is 0 Å². The predicted octanol–water partition coefficient (Wildman–Crippen LogP) is 2.74. The van der Waals surface area contributed by atoms with Crippen molar-refractivity contribution in [3.05, 3.63) is 35.9 Å². The fourth-order valence-electron chi connectivity index (χ4n) is 3.64. The highest BCUT2D eigenvalue weighted by Gasteiger charge is 2.68. The van der Waals surface area contributed by atoms with Crippen LogP contribution in [0.4, 0.5) is 0 Å². The lowest BCUT2D eigenvalue weighted by Gasteiger charge is -2.25. The molecule has 1 heterocycles. The van der Waals surface area contributed by atoms with Crippen LogP contribution < -0.4 is 0 Å². The quantitative estimate of drug-likeness (QED) is 0.637. The largest absolute Gasteiger partial charge is 0.468 e. The molecule has 22 heavy (non-hydrogen) atoms. The number of hydrogen-bond acceptors (Lipinski definition) is 3. The van der Waals surface area contributed by atoms with E-state index in [-0.39, 0.29) is 17.8 Å². The van der Waals surface area contributed by atoms with Crippen LogP contribution in [0.1, 0.15) is 43.6 Å². The summed E-state index contributed by atoms with van der Waals surface area (Å²) >= 11 is 0. The van der Waals surface area contributed by atoms with Crippen LogP contribution >= 0.6 is 0 Å². The molecular formula is C18H23NO3. The number of carbonyl (C=O) groups excluding carboxylic acids is 2. The number of ether oxygens (including phenoxy) is 1. The average Bonchev–Trinajstić information content (AvgIpc) is 3.35. The third-order valence-electron chi connectivity index (χ3n) is 4.99.